The second-order valence-electron chi connectivity index (χ2n) is 3.34. The smallest absolute Gasteiger partial charge is 0.407 e. The van der Waals surface area contributed by atoms with E-state index in [2.05, 4.69) is 0 Å². The Morgan fingerprint density at radius 2 is 2.47 bits per heavy atom. The van der Waals surface area contributed by atoms with Crippen molar-refractivity contribution in [2.24, 2.45) is 0 Å². The van der Waals surface area contributed by atoms with Crippen LogP contribution < -0.4 is 0 Å². The summed E-state index contributed by atoms with van der Waals surface area (Å²) in [7, 11) is 0. The maximum absolute atomic E-state index is 11.4. The first kappa shape index (κ1) is 11.7. The lowest BCUT2D eigenvalue weighted by Gasteiger charge is -2.29. The van der Waals surface area contributed by atoms with Crippen LogP contribution in [-0.2, 0) is 9.53 Å². The van der Waals surface area contributed by atoms with E-state index >= 15 is 0 Å². The molecule has 0 aromatic carbocycles. The third kappa shape index (κ3) is 3.36. The molecule has 5 heteroatoms. The summed E-state index contributed by atoms with van der Waals surface area (Å²) in [4.78, 5) is 23.3. The number of hydrogen-bond acceptors (Lipinski definition) is 3. The molecule has 1 N–H and O–H groups in total. The highest BCUT2D eigenvalue weighted by molar-refractivity contribution is 5.85. The zero-order valence-electron chi connectivity index (χ0n) is 8.68. The Morgan fingerprint density at radius 1 is 1.73 bits per heavy atom. The fourth-order valence-corrected chi connectivity index (χ4v) is 1.39. The highest BCUT2D eigenvalue weighted by Crippen LogP contribution is 2.10. The van der Waals surface area contributed by atoms with E-state index in [1.807, 2.05) is 13.0 Å². The van der Waals surface area contributed by atoms with Crippen LogP contribution in [-0.4, -0.2) is 47.7 Å². The predicted molar refractivity (Wildman–Crippen MR) is 53.8 cm³/mol. The topological polar surface area (TPSA) is 66.8 Å². The Bertz CT molecular complexity index is 275. The lowest BCUT2D eigenvalue weighted by Crippen LogP contribution is -2.47. The van der Waals surface area contributed by atoms with Gasteiger partial charge in [0.25, 0.3) is 0 Å². The lowest BCUT2D eigenvalue weighted by atomic mass is 10.1. The molecule has 0 radical (unpaired) electrons. The molecule has 1 aliphatic rings. The van der Waals surface area contributed by atoms with Crippen LogP contribution >= 0.6 is 0 Å². The molecule has 1 aliphatic heterocycles. The van der Waals surface area contributed by atoms with E-state index in [0.717, 1.165) is 0 Å². The highest BCUT2D eigenvalue weighted by atomic mass is 16.5. The Kier molecular flexibility index (Phi) is 4.30. The average molecular weight is 213 g/mol. The van der Waals surface area contributed by atoms with Crippen molar-refractivity contribution in [1.29, 1.82) is 0 Å². The molecule has 0 spiro atoms. The number of Topliss-reactive ketones (excluding diaryl/α,β-unsaturated/α-hetero) is 1. The number of rotatable bonds is 3. The SMILES string of the molecule is C/C=C/COC1CN(C(=O)O)CCC1=O. The zero-order valence-corrected chi connectivity index (χ0v) is 8.68. The van der Waals surface area contributed by atoms with E-state index in [9.17, 15) is 9.59 Å². The standard InChI is InChI=1S/C10H15NO4/c1-2-3-6-15-9-7-11(10(13)14)5-4-8(9)12/h2-3,9H,4-7H2,1H3,(H,13,14)/b3-2+. The van der Waals surface area contributed by atoms with Gasteiger partial charge >= 0.3 is 6.09 Å². The van der Waals surface area contributed by atoms with Crippen molar-refractivity contribution in [1.82, 2.24) is 4.90 Å². The van der Waals surface area contributed by atoms with Gasteiger partial charge in [-0.2, -0.15) is 0 Å². The summed E-state index contributed by atoms with van der Waals surface area (Å²) in [5.41, 5.74) is 0. The minimum absolute atomic E-state index is 0.0167. The Morgan fingerprint density at radius 3 is 3.07 bits per heavy atom. The minimum atomic E-state index is -0.998. The average Bonchev–Trinajstić information content (AvgIpc) is 2.20. The number of carboxylic acid groups (broad SMARTS) is 1. The molecular weight excluding hydrogens is 198 g/mol. The van der Waals surface area contributed by atoms with Crippen molar-refractivity contribution < 1.29 is 19.4 Å². The number of allylic oxidation sites excluding steroid dienone is 1. The summed E-state index contributed by atoms with van der Waals surface area (Å²) in [6.45, 7) is 2.62. The zero-order chi connectivity index (χ0) is 11.3. The van der Waals surface area contributed by atoms with Crippen LogP contribution in [0.15, 0.2) is 12.2 Å². The minimum Gasteiger partial charge on any atom is -0.465 e. The lowest BCUT2D eigenvalue weighted by molar-refractivity contribution is -0.133. The van der Waals surface area contributed by atoms with Crippen LogP contribution in [0.25, 0.3) is 0 Å². The molecule has 84 valence electrons. The third-order valence-electron chi connectivity index (χ3n) is 2.27. The molecule has 0 aliphatic carbocycles. The molecular formula is C10H15NO4. The van der Waals surface area contributed by atoms with Gasteiger partial charge in [-0.3, -0.25) is 4.79 Å². The van der Waals surface area contributed by atoms with E-state index in [-0.39, 0.29) is 25.3 Å². The van der Waals surface area contributed by atoms with Crippen LogP contribution in [0.4, 0.5) is 4.79 Å². The van der Waals surface area contributed by atoms with Gasteiger partial charge in [0.2, 0.25) is 0 Å². The molecule has 1 rings (SSSR count). The second kappa shape index (κ2) is 5.50. The summed E-state index contributed by atoms with van der Waals surface area (Å²) in [6, 6.07) is 0. The molecule has 5 nitrogen and oxygen atoms in total. The molecule has 1 unspecified atom stereocenters. The molecule has 1 atom stereocenters. The maximum Gasteiger partial charge on any atom is 0.407 e. The fraction of sp³-hybridized carbons (Fsp3) is 0.600. The van der Waals surface area contributed by atoms with Crippen LogP contribution in [0, 0.1) is 0 Å². The van der Waals surface area contributed by atoms with Crippen LogP contribution in [0.5, 0.6) is 0 Å². The number of carbonyl (C=O) groups excluding carboxylic acids is 1. The summed E-state index contributed by atoms with van der Waals surface area (Å²) in [5, 5.41) is 8.76. The first-order chi connectivity index (χ1) is 7.15. The summed E-state index contributed by atoms with van der Waals surface area (Å²) in [6.07, 6.45) is 2.25. The Balaban J connectivity index is 2.46. The fourth-order valence-electron chi connectivity index (χ4n) is 1.39. The van der Waals surface area contributed by atoms with Gasteiger partial charge in [-0.25, -0.2) is 4.79 Å². The van der Waals surface area contributed by atoms with Gasteiger partial charge in [0.05, 0.1) is 13.2 Å². The number of likely N-dealkylation sites (tertiary alicyclic amines) is 1. The molecule has 0 aromatic heterocycles. The molecule has 15 heavy (non-hydrogen) atoms. The van der Waals surface area contributed by atoms with Crippen molar-refractivity contribution in [2.45, 2.75) is 19.4 Å². The van der Waals surface area contributed by atoms with E-state index < -0.39 is 12.2 Å². The van der Waals surface area contributed by atoms with Crippen molar-refractivity contribution in [3.8, 4) is 0 Å². The first-order valence-electron chi connectivity index (χ1n) is 4.88. The second-order valence-corrected chi connectivity index (χ2v) is 3.34. The van der Waals surface area contributed by atoms with Crippen molar-refractivity contribution in [3.05, 3.63) is 12.2 Å². The molecule has 1 amide bonds. The highest BCUT2D eigenvalue weighted by Gasteiger charge is 2.29. The first-order valence-corrected chi connectivity index (χ1v) is 4.88. The number of piperidine rings is 1. The molecule has 1 saturated heterocycles. The number of ether oxygens (including phenoxy) is 1. The molecule has 0 aromatic rings. The van der Waals surface area contributed by atoms with Gasteiger partial charge in [-0.05, 0) is 6.92 Å². The van der Waals surface area contributed by atoms with E-state index in [1.54, 1.807) is 6.08 Å². The van der Waals surface area contributed by atoms with Gasteiger partial charge in [0, 0.05) is 13.0 Å². The van der Waals surface area contributed by atoms with Gasteiger partial charge < -0.3 is 14.7 Å². The van der Waals surface area contributed by atoms with Crippen LogP contribution in [0.1, 0.15) is 13.3 Å². The van der Waals surface area contributed by atoms with Crippen molar-refractivity contribution >= 4 is 11.9 Å². The van der Waals surface area contributed by atoms with Gasteiger partial charge in [0.1, 0.15) is 6.10 Å². The number of nitrogens with zero attached hydrogens (tertiary/aromatic N) is 1. The van der Waals surface area contributed by atoms with Gasteiger partial charge in [-0.15, -0.1) is 0 Å². The number of hydrogen-bond donors (Lipinski definition) is 1. The number of amides is 1. The van der Waals surface area contributed by atoms with E-state index in [0.29, 0.717) is 6.61 Å². The quantitative estimate of drug-likeness (QED) is 0.707. The molecule has 0 bridgehead atoms. The van der Waals surface area contributed by atoms with E-state index in [4.69, 9.17) is 9.84 Å². The van der Waals surface area contributed by atoms with E-state index in [1.165, 1.54) is 4.90 Å². The van der Waals surface area contributed by atoms with Crippen molar-refractivity contribution in [2.75, 3.05) is 19.7 Å². The molecule has 1 fully saturated rings. The largest absolute Gasteiger partial charge is 0.465 e. The summed E-state index contributed by atoms with van der Waals surface area (Å²) >= 11 is 0. The van der Waals surface area contributed by atoms with Crippen LogP contribution in [0.3, 0.4) is 0 Å². The summed E-state index contributed by atoms with van der Waals surface area (Å²) < 4.78 is 5.27. The van der Waals surface area contributed by atoms with Crippen molar-refractivity contribution in [3.63, 3.8) is 0 Å². The Labute approximate surface area is 88.3 Å². The van der Waals surface area contributed by atoms with Crippen LogP contribution in [0.2, 0.25) is 0 Å². The predicted octanol–water partition coefficient (Wildman–Crippen LogP) is 0.901. The number of carbonyl (C=O) groups is 2. The monoisotopic (exact) mass is 213 g/mol. The van der Waals surface area contributed by atoms with Gasteiger partial charge in [0.15, 0.2) is 5.78 Å². The number of ketones is 1. The Hall–Kier alpha value is -1.36. The normalized spacial score (nSPS) is 22.3. The molecule has 0 saturated carbocycles. The maximum atomic E-state index is 11.4. The molecule has 1 heterocycles. The summed E-state index contributed by atoms with van der Waals surface area (Å²) in [5.74, 6) is -0.0167. The van der Waals surface area contributed by atoms with Gasteiger partial charge in [-0.1, -0.05) is 12.2 Å². The third-order valence-corrected chi connectivity index (χ3v) is 2.27.